The van der Waals surface area contributed by atoms with Gasteiger partial charge in [0.2, 0.25) is 0 Å². The van der Waals surface area contributed by atoms with Crippen LogP contribution in [0.5, 0.6) is 0 Å². The number of sulfonamides is 1. The molecule has 0 aliphatic heterocycles. The van der Waals surface area contributed by atoms with E-state index in [4.69, 9.17) is 0 Å². The lowest BCUT2D eigenvalue weighted by Gasteiger charge is -2.11. The molecular formula is C21H16F3N3O2S. The predicted octanol–water partition coefficient (Wildman–Crippen LogP) is 5.13. The van der Waals surface area contributed by atoms with Gasteiger partial charge in [0, 0.05) is 23.6 Å². The number of pyridine rings is 1. The number of hydrogen-bond donors (Lipinski definition) is 1. The summed E-state index contributed by atoms with van der Waals surface area (Å²) in [5.41, 5.74) is 2.57. The molecule has 30 heavy (non-hydrogen) atoms. The van der Waals surface area contributed by atoms with Gasteiger partial charge in [-0.05, 0) is 55.0 Å². The maximum Gasteiger partial charge on any atom is 0.416 e. The smallest absolute Gasteiger partial charge is 0.306 e. The quantitative estimate of drug-likeness (QED) is 0.487. The number of aromatic nitrogens is 2. The third-order valence-corrected chi connectivity index (χ3v) is 5.90. The topological polar surface area (TPSA) is 63.5 Å². The Morgan fingerprint density at radius 1 is 1.00 bits per heavy atom. The Bertz CT molecular complexity index is 1330. The second-order valence-electron chi connectivity index (χ2n) is 6.80. The van der Waals surface area contributed by atoms with E-state index in [1.807, 2.05) is 35.9 Å². The summed E-state index contributed by atoms with van der Waals surface area (Å²) in [6.45, 7) is 1.97. The van der Waals surface area contributed by atoms with Gasteiger partial charge in [-0.1, -0.05) is 18.2 Å². The first-order valence-electron chi connectivity index (χ1n) is 8.88. The number of aryl methyl sites for hydroxylation is 1. The molecule has 0 bridgehead atoms. The molecule has 4 aromatic rings. The van der Waals surface area contributed by atoms with Crippen LogP contribution in [0.4, 0.5) is 18.9 Å². The van der Waals surface area contributed by atoms with Gasteiger partial charge >= 0.3 is 6.18 Å². The van der Waals surface area contributed by atoms with Crippen LogP contribution >= 0.6 is 0 Å². The van der Waals surface area contributed by atoms with Crippen LogP contribution in [0.1, 0.15) is 11.1 Å². The molecule has 5 nitrogen and oxygen atoms in total. The maximum absolute atomic E-state index is 12.9. The molecule has 0 spiro atoms. The molecule has 2 aromatic heterocycles. The number of nitrogens with one attached hydrogen (secondary N) is 1. The van der Waals surface area contributed by atoms with Crippen molar-refractivity contribution < 1.29 is 21.6 Å². The predicted molar refractivity (Wildman–Crippen MR) is 108 cm³/mol. The molecule has 0 amide bonds. The summed E-state index contributed by atoms with van der Waals surface area (Å²) < 4.78 is 67.8. The number of nitrogens with zero attached hydrogens (tertiary/aromatic N) is 2. The van der Waals surface area contributed by atoms with Crippen molar-refractivity contribution in [2.75, 3.05) is 4.72 Å². The van der Waals surface area contributed by atoms with E-state index in [0.717, 1.165) is 35.0 Å². The molecule has 0 saturated heterocycles. The van der Waals surface area contributed by atoms with Crippen LogP contribution in [-0.4, -0.2) is 17.8 Å². The van der Waals surface area contributed by atoms with E-state index in [1.165, 1.54) is 12.1 Å². The van der Waals surface area contributed by atoms with Crippen molar-refractivity contribution in [1.82, 2.24) is 9.38 Å². The van der Waals surface area contributed by atoms with Crippen molar-refractivity contribution in [3.63, 3.8) is 0 Å². The number of fused-ring (bicyclic) bond motifs is 1. The zero-order chi connectivity index (χ0) is 21.5. The number of alkyl halides is 3. The Labute approximate surface area is 170 Å². The molecule has 0 aliphatic carbocycles. The van der Waals surface area contributed by atoms with E-state index in [9.17, 15) is 21.6 Å². The van der Waals surface area contributed by atoms with Crippen LogP contribution < -0.4 is 4.72 Å². The highest BCUT2D eigenvalue weighted by Gasteiger charge is 2.31. The summed E-state index contributed by atoms with van der Waals surface area (Å²) in [5.74, 6) is 0. The monoisotopic (exact) mass is 431 g/mol. The summed E-state index contributed by atoms with van der Waals surface area (Å²) in [6, 6.07) is 14.0. The van der Waals surface area contributed by atoms with Crippen molar-refractivity contribution in [3.05, 3.63) is 84.2 Å². The SMILES string of the molecule is Cc1ccn2cc(-c3ccc(NS(=O)(=O)c4cccc(C(F)(F)F)c4)cc3)nc2c1. The Hall–Kier alpha value is -3.33. The van der Waals surface area contributed by atoms with Crippen LogP contribution in [0.3, 0.4) is 0 Å². The van der Waals surface area contributed by atoms with Crippen LogP contribution in [0.2, 0.25) is 0 Å². The Morgan fingerprint density at radius 3 is 2.43 bits per heavy atom. The molecule has 0 radical (unpaired) electrons. The van der Waals surface area contributed by atoms with E-state index in [-0.39, 0.29) is 5.69 Å². The molecule has 154 valence electrons. The fraction of sp³-hybridized carbons (Fsp3) is 0.0952. The summed E-state index contributed by atoms with van der Waals surface area (Å²) >= 11 is 0. The number of imidazole rings is 1. The van der Waals surface area contributed by atoms with Crippen LogP contribution in [0, 0.1) is 6.92 Å². The molecule has 0 fully saturated rings. The number of benzene rings is 2. The summed E-state index contributed by atoms with van der Waals surface area (Å²) in [7, 11) is -4.17. The molecular weight excluding hydrogens is 415 g/mol. The van der Waals surface area contributed by atoms with Gasteiger partial charge in [-0.3, -0.25) is 4.72 Å². The second-order valence-corrected chi connectivity index (χ2v) is 8.49. The fourth-order valence-corrected chi connectivity index (χ4v) is 4.09. The third kappa shape index (κ3) is 4.02. The van der Waals surface area contributed by atoms with Gasteiger partial charge in [-0.15, -0.1) is 0 Å². The van der Waals surface area contributed by atoms with Crippen LogP contribution in [-0.2, 0) is 16.2 Å². The highest BCUT2D eigenvalue weighted by molar-refractivity contribution is 7.92. The number of anilines is 1. The second kappa shape index (κ2) is 7.17. The fourth-order valence-electron chi connectivity index (χ4n) is 2.99. The van der Waals surface area contributed by atoms with Gasteiger partial charge < -0.3 is 4.40 Å². The molecule has 0 aliphatic rings. The Kier molecular flexibility index (Phi) is 4.77. The zero-order valence-corrected chi connectivity index (χ0v) is 16.5. The molecule has 0 unspecified atom stereocenters. The summed E-state index contributed by atoms with van der Waals surface area (Å²) in [6.07, 6.45) is -0.866. The Balaban J connectivity index is 1.58. The van der Waals surface area contributed by atoms with Gasteiger partial charge in [-0.2, -0.15) is 13.2 Å². The van der Waals surface area contributed by atoms with Crippen molar-refractivity contribution in [1.29, 1.82) is 0 Å². The Morgan fingerprint density at radius 2 is 1.73 bits per heavy atom. The minimum Gasteiger partial charge on any atom is -0.306 e. The van der Waals surface area contributed by atoms with Gasteiger partial charge in [-0.25, -0.2) is 13.4 Å². The van der Waals surface area contributed by atoms with Crippen LogP contribution in [0.15, 0.2) is 78.0 Å². The number of halogens is 3. The van der Waals surface area contributed by atoms with Crippen molar-refractivity contribution in [2.45, 2.75) is 18.0 Å². The minimum absolute atomic E-state index is 0.232. The molecule has 2 aromatic carbocycles. The summed E-state index contributed by atoms with van der Waals surface area (Å²) in [4.78, 5) is 4.09. The van der Waals surface area contributed by atoms with E-state index >= 15 is 0 Å². The van der Waals surface area contributed by atoms with Crippen molar-refractivity contribution >= 4 is 21.4 Å². The molecule has 4 rings (SSSR count). The standard InChI is InChI=1S/C21H16F3N3O2S/c1-14-9-10-27-13-19(25-20(27)11-14)15-5-7-17(8-6-15)26-30(28,29)18-4-2-3-16(12-18)21(22,23)24/h2-13,26H,1H3. The average molecular weight is 431 g/mol. The largest absolute Gasteiger partial charge is 0.416 e. The maximum atomic E-state index is 12.9. The zero-order valence-electron chi connectivity index (χ0n) is 15.7. The lowest BCUT2D eigenvalue weighted by molar-refractivity contribution is -0.137. The van der Waals surface area contributed by atoms with E-state index in [2.05, 4.69) is 9.71 Å². The molecule has 1 N–H and O–H groups in total. The van der Waals surface area contributed by atoms with E-state index in [0.29, 0.717) is 11.8 Å². The highest BCUT2D eigenvalue weighted by atomic mass is 32.2. The van der Waals surface area contributed by atoms with E-state index < -0.39 is 26.7 Å². The first-order valence-corrected chi connectivity index (χ1v) is 10.4. The lowest BCUT2D eigenvalue weighted by Crippen LogP contribution is -2.14. The van der Waals surface area contributed by atoms with Crippen molar-refractivity contribution in [2.24, 2.45) is 0 Å². The van der Waals surface area contributed by atoms with E-state index in [1.54, 1.807) is 12.1 Å². The van der Waals surface area contributed by atoms with Crippen LogP contribution in [0.25, 0.3) is 16.9 Å². The number of rotatable bonds is 4. The van der Waals surface area contributed by atoms with Gasteiger partial charge in [0.1, 0.15) is 5.65 Å². The van der Waals surface area contributed by atoms with Gasteiger partial charge in [0.15, 0.2) is 0 Å². The molecule has 2 heterocycles. The first-order chi connectivity index (χ1) is 14.1. The molecule has 0 atom stereocenters. The lowest BCUT2D eigenvalue weighted by atomic mass is 10.1. The normalized spacial score (nSPS) is 12.3. The van der Waals surface area contributed by atoms with Crippen molar-refractivity contribution in [3.8, 4) is 11.3 Å². The first kappa shape index (κ1) is 20.0. The minimum atomic E-state index is -4.63. The molecule has 0 saturated carbocycles. The van der Waals surface area contributed by atoms with Gasteiger partial charge in [0.05, 0.1) is 16.2 Å². The third-order valence-electron chi connectivity index (χ3n) is 4.52. The number of hydrogen-bond acceptors (Lipinski definition) is 3. The average Bonchev–Trinajstić information content (AvgIpc) is 3.11. The summed E-state index contributed by atoms with van der Waals surface area (Å²) in [5, 5.41) is 0. The van der Waals surface area contributed by atoms with Gasteiger partial charge in [0.25, 0.3) is 10.0 Å². The highest BCUT2D eigenvalue weighted by Crippen LogP contribution is 2.31. The molecule has 9 heteroatoms.